The summed E-state index contributed by atoms with van der Waals surface area (Å²) < 4.78 is 36.0. The lowest BCUT2D eigenvalue weighted by Crippen LogP contribution is -2.43. The second-order valence-corrected chi connectivity index (χ2v) is 10.3. The Labute approximate surface area is 207 Å². The molecule has 3 aromatic rings. The first-order valence-corrected chi connectivity index (χ1v) is 12.8. The van der Waals surface area contributed by atoms with Crippen LogP contribution in [0.25, 0.3) is 22.6 Å². The van der Waals surface area contributed by atoms with Crippen LogP contribution in [0.15, 0.2) is 51.8 Å². The highest BCUT2D eigenvalue weighted by Gasteiger charge is 2.33. The molecule has 1 aromatic heterocycles. The molecule has 1 aliphatic rings. The van der Waals surface area contributed by atoms with E-state index in [1.807, 2.05) is 0 Å². The molecule has 2 atom stereocenters. The standard InChI is InChI=1S/C23H25ClN4O6S/c1-33-18-10-9-13(12-17(18)24)20-21(16-7-2-3-8-19(16)35(26,31)32)34-22(27-20)14-5-4-6-15(11-14)28(30)23(25)29/h2-3,7-10,12,14-15,30H,4-6,11H2,1H3,(H2,25,29)(H2,26,31,32). The molecule has 12 heteroatoms. The molecule has 0 spiro atoms. The number of hydrogen-bond donors (Lipinski definition) is 3. The highest BCUT2D eigenvalue weighted by atomic mass is 35.5. The number of primary amides is 1. The molecule has 1 fully saturated rings. The van der Waals surface area contributed by atoms with E-state index in [0.717, 1.165) is 0 Å². The summed E-state index contributed by atoms with van der Waals surface area (Å²) in [5.74, 6) is 0.776. The number of carbonyl (C=O) groups excluding carboxylic acids is 1. The van der Waals surface area contributed by atoms with Gasteiger partial charge in [-0.15, -0.1) is 0 Å². The number of hydroxylamine groups is 2. The van der Waals surface area contributed by atoms with Crippen LogP contribution in [0, 0.1) is 0 Å². The zero-order chi connectivity index (χ0) is 25.3. The van der Waals surface area contributed by atoms with E-state index in [1.54, 1.807) is 36.4 Å². The molecule has 0 bridgehead atoms. The minimum atomic E-state index is -4.07. The number of nitrogens with zero attached hydrogens (tertiary/aromatic N) is 2. The summed E-state index contributed by atoms with van der Waals surface area (Å²) in [6.45, 7) is 0. The Hall–Kier alpha value is -3.12. The van der Waals surface area contributed by atoms with E-state index in [2.05, 4.69) is 0 Å². The van der Waals surface area contributed by atoms with Crippen LogP contribution in [0.1, 0.15) is 37.5 Å². The van der Waals surface area contributed by atoms with E-state index >= 15 is 0 Å². The molecule has 10 nitrogen and oxygen atoms in total. The number of carbonyl (C=O) groups is 1. The smallest absolute Gasteiger partial charge is 0.338 e. The Balaban J connectivity index is 1.85. The van der Waals surface area contributed by atoms with Crippen molar-refractivity contribution in [2.75, 3.05) is 7.11 Å². The molecule has 1 aliphatic carbocycles. The van der Waals surface area contributed by atoms with Crippen molar-refractivity contribution < 1.29 is 27.6 Å². The predicted molar refractivity (Wildman–Crippen MR) is 129 cm³/mol. The van der Waals surface area contributed by atoms with Crippen molar-refractivity contribution in [1.82, 2.24) is 10.0 Å². The van der Waals surface area contributed by atoms with Crippen LogP contribution in [-0.2, 0) is 10.0 Å². The number of benzene rings is 2. The number of primary sulfonamides is 1. The Morgan fingerprint density at radius 3 is 2.66 bits per heavy atom. The molecule has 5 N–H and O–H groups in total. The summed E-state index contributed by atoms with van der Waals surface area (Å²) in [6, 6.07) is 9.86. The largest absolute Gasteiger partial charge is 0.495 e. The van der Waals surface area contributed by atoms with Crippen molar-refractivity contribution in [1.29, 1.82) is 0 Å². The third kappa shape index (κ3) is 5.13. The van der Waals surface area contributed by atoms with Gasteiger partial charge < -0.3 is 14.9 Å². The zero-order valence-corrected chi connectivity index (χ0v) is 20.4. The summed E-state index contributed by atoms with van der Waals surface area (Å²) >= 11 is 6.34. The Morgan fingerprint density at radius 2 is 2.00 bits per heavy atom. The number of urea groups is 1. The molecule has 2 aromatic carbocycles. The van der Waals surface area contributed by atoms with Gasteiger partial charge in [0.1, 0.15) is 11.4 Å². The van der Waals surface area contributed by atoms with Crippen LogP contribution in [-0.4, -0.2) is 42.9 Å². The van der Waals surface area contributed by atoms with Gasteiger partial charge in [-0.25, -0.2) is 28.4 Å². The van der Waals surface area contributed by atoms with Crippen molar-refractivity contribution in [3.63, 3.8) is 0 Å². The Kier molecular flexibility index (Phi) is 7.04. The first kappa shape index (κ1) is 25.0. The van der Waals surface area contributed by atoms with Gasteiger partial charge in [-0.2, -0.15) is 0 Å². The van der Waals surface area contributed by atoms with E-state index in [4.69, 9.17) is 36.6 Å². The first-order valence-electron chi connectivity index (χ1n) is 10.8. The number of oxazole rings is 1. The molecule has 186 valence electrons. The molecule has 35 heavy (non-hydrogen) atoms. The molecular formula is C23H25ClN4O6S. The summed E-state index contributed by atoms with van der Waals surface area (Å²) in [7, 11) is -2.57. The lowest BCUT2D eigenvalue weighted by atomic mass is 9.85. The van der Waals surface area contributed by atoms with Crippen molar-refractivity contribution in [2.45, 2.75) is 42.5 Å². The van der Waals surface area contributed by atoms with Crippen molar-refractivity contribution >= 4 is 27.7 Å². The lowest BCUT2D eigenvalue weighted by Gasteiger charge is -2.31. The molecule has 2 amide bonds. The van der Waals surface area contributed by atoms with Crippen LogP contribution >= 0.6 is 11.6 Å². The third-order valence-corrected chi connectivity index (χ3v) is 7.34. The summed E-state index contributed by atoms with van der Waals surface area (Å²) in [5.41, 5.74) is 6.44. The van der Waals surface area contributed by atoms with Gasteiger partial charge >= 0.3 is 6.03 Å². The quantitative estimate of drug-likeness (QED) is 0.325. The molecule has 0 saturated heterocycles. The van der Waals surface area contributed by atoms with Gasteiger partial charge in [0.05, 0.1) is 23.1 Å². The zero-order valence-electron chi connectivity index (χ0n) is 18.8. The molecule has 2 unspecified atom stereocenters. The maximum absolute atomic E-state index is 12.3. The summed E-state index contributed by atoms with van der Waals surface area (Å²) in [5, 5.41) is 16.4. The fraction of sp³-hybridized carbons (Fsp3) is 0.304. The maximum Gasteiger partial charge on any atom is 0.338 e. The Morgan fingerprint density at radius 1 is 1.26 bits per heavy atom. The van der Waals surface area contributed by atoms with Crippen molar-refractivity contribution in [3.05, 3.63) is 53.4 Å². The van der Waals surface area contributed by atoms with Gasteiger partial charge in [-0.1, -0.05) is 30.2 Å². The number of hydrogen-bond acceptors (Lipinski definition) is 7. The fourth-order valence-electron chi connectivity index (χ4n) is 4.40. The lowest BCUT2D eigenvalue weighted by molar-refractivity contribution is -0.0865. The predicted octanol–water partition coefficient (Wildman–Crippen LogP) is 4.11. The monoisotopic (exact) mass is 520 g/mol. The van der Waals surface area contributed by atoms with E-state index in [-0.39, 0.29) is 22.1 Å². The number of methoxy groups -OCH3 is 1. The highest BCUT2D eigenvalue weighted by Crippen LogP contribution is 2.42. The van der Waals surface area contributed by atoms with E-state index in [0.29, 0.717) is 58.7 Å². The first-order chi connectivity index (χ1) is 16.6. The van der Waals surface area contributed by atoms with Crippen LogP contribution in [0.4, 0.5) is 4.79 Å². The third-order valence-electron chi connectivity index (χ3n) is 6.07. The van der Waals surface area contributed by atoms with Crippen molar-refractivity contribution in [2.24, 2.45) is 10.9 Å². The number of sulfonamides is 1. The topological polar surface area (TPSA) is 162 Å². The summed E-state index contributed by atoms with van der Waals surface area (Å²) in [4.78, 5) is 16.1. The minimum absolute atomic E-state index is 0.111. The molecule has 4 rings (SSSR count). The van der Waals surface area contributed by atoms with Gasteiger partial charge in [0, 0.05) is 17.0 Å². The average Bonchev–Trinajstić information content (AvgIpc) is 3.28. The number of ether oxygens (including phenoxy) is 1. The van der Waals surface area contributed by atoms with E-state index in [1.165, 1.54) is 13.2 Å². The summed E-state index contributed by atoms with van der Waals surface area (Å²) in [6.07, 6.45) is 2.36. The maximum atomic E-state index is 12.3. The Bertz CT molecular complexity index is 1360. The number of nitrogens with two attached hydrogens (primary N) is 2. The number of amides is 2. The second-order valence-electron chi connectivity index (χ2n) is 8.32. The van der Waals surface area contributed by atoms with Gasteiger partial charge in [0.25, 0.3) is 0 Å². The fourth-order valence-corrected chi connectivity index (χ4v) is 5.39. The minimum Gasteiger partial charge on any atom is -0.495 e. The van der Waals surface area contributed by atoms with Crippen LogP contribution < -0.4 is 15.6 Å². The van der Waals surface area contributed by atoms with Gasteiger partial charge in [-0.05, 0) is 49.6 Å². The molecular weight excluding hydrogens is 496 g/mol. The highest BCUT2D eigenvalue weighted by molar-refractivity contribution is 7.89. The van der Waals surface area contributed by atoms with Crippen LogP contribution in [0.5, 0.6) is 5.75 Å². The number of halogens is 1. The van der Waals surface area contributed by atoms with Gasteiger partial charge in [0.15, 0.2) is 11.7 Å². The van der Waals surface area contributed by atoms with E-state index < -0.39 is 22.1 Å². The number of aromatic nitrogens is 1. The number of rotatable bonds is 6. The molecule has 1 saturated carbocycles. The molecule has 1 heterocycles. The molecule has 0 aliphatic heterocycles. The second kappa shape index (κ2) is 9.86. The van der Waals surface area contributed by atoms with Gasteiger partial charge in [0.2, 0.25) is 10.0 Å². The van der Waals surface area contributed by atoms with Crippen LogP contribution in [0.2, 0.25) is 5.02 Å². The SMILES string of the molecule is COc1ccc(-c2nc(C3CCCC(N(O)C(N)=O)C3)oc2-c2ccccc2S(N)(=O)=O)cc1Cl. The van der Waals surface area contributed by atoms with Crippen LogP contribution in [0.3, 0.4) is 0 Å². The molecule has 0 radical (unpaired) electrons. The normalized spacial score (nSPS) is 18.3. The average molecular weight is 521 g/mol. The van der Waals surface area contributed by atoms with E-state index in [9.17, 15) is 18.4 Å². The van der Waals surface area contributed by atoms with Crippen molar-refractivity contribution in [3.8, 4) is 28.3 Å². The van der Waals surface area contributed by atoms with Gasteiger partial charge in [-0.3, -0.25) is 5.21 Å².